The molecule has 56 heavy (non-hydrogen) atoms. The van der Waals surface area contributed by atoms with Gasteiger partial charge in [0.25, 0.3) is 0 Å². The number of benzene rings is 3. The number of aliphatic hydroxyl groups is 2. The van der Waals surface area contributed by atoms with Gasteiger partial charge in [0.15, 0.2) is 0 Å². The molecule has 2 saturated heterocycles. The first-order valence-corrected chi connectivity index (χ1v) is 18.7. The summed E-state index contributed by atoms with van der Waals surface area (Å²) in [5.74, 6) is 0.494. The third-order valence-electron chi connectivity index (χ3n) is 10.7. The number of nitrogens with one attached hydrogen (secondary N) is 4. The summed E-state index contributed by atoms with van der Waals surface area (Å²) < 4.78 is 9.31. The van der Waals surface area contributed by atoms with Crippen LogP contribution in [0.1, 0.15) is 63.3 Å². The van der Waals surface area contributed by atoms with Crippen molar-refractivity contribution in [1.82, 2.24) is 40.4 Å². The van der Waals surface area contributed by atoms with Gasteiger partial charge in [-0.1, -0.05) is 36.4 Å². The van der Waals surface area contributed by atoms with Crippen LogP contribution in [0.5, 0.6) is 0 Å². The lowest BCUT2D eigenvalue weighted by molar-refractivity contribution is -0.137. The Bertz CT molecular complexity index is 2090. The maximum atomic E-state index is 13.4. The van der Waals surface area contributed by atoms with Gasteiger partial charge < -0.3 is 50.1 Å². The van der Waals surface area contributed by atoms with Crippen molar-refractivity contribution in [3.05, 3.63) is 72.3 Å². The molecule has 2 aliphatic heterocycles. The van der Waals surface area contributed by atoms with Crippen LogP contribution in [0.25, 0.3) is 44.3 Å². The Morgan fingerprint density at radius 1 is 0.661 bits per heavy atom. The first kappa shape index (κ1) is 38.3. The number of hydrogen-bond donors (Lipinski definition) is 6. The van der Waals surface area contributed by atoms with Crippen molar-refractivity contribution in [2.45, 2.75) is 75.9 Å². The van der Waals surface area contributed by atoms with Crippen LogP contribution in [0.2, 0.25) is 0 Å². The van der Waals surface area contributed by atoms with E-state index in [9.17, 15) is 29.4 Å². The quantitative estimate of drug-likeness (QED) is 0.118. The number of H-pyrrole nitrogens is 2. The van der Waals surface area contributed by atoms with Crippen LogP contribution in [0, 0.1) is 0 Å². The molecule has 0 unspecified atom stereocenters. The van der Waals surface area contributed by atoms with Crippen LogP contribution in [0.15, 0.2) is 60.7 Å². The molecule has 6 atom stereocenters. The number of imidazole rings is 2. The molecule has 0 spiro atoms. The fraction of sp³-hybridized carbons (Fsp3) is 0.400. The minimum atomic E-state index is -1.14. The van der Waals surface area contributed by atoms with Gasteiger partial charge in [-0.05, 0) is 86.1 Å². The molecule has 2 fully saturated rings. The van der Waals surface area contributed by atoms with Gasteiger partial charge in [-0.15, -0.1) is 0 Å². The molecule has 2 aliphatic rings. The molecule has 4 amide bonds. The molecule has 6 N–H and O–H groups in total. The number of methoxy groups -OCH3 is 2. The molecule has 7 rings (SSSR count). The van der Waals surface area contributed by atoms with Gasteiger partial charge in [0.05, 0.1) is 60.6 Å². The molecule has 2 aromatic heterocycles. The first-order chi connectivity index (χ1) is 26.9. The van der Waals surface area contributed by atoms with Gasteiger partial charge in [-0.2, -0.15) is 0 Å². The Kier molecular flexibility index (Phi) is 10.9. The summed E-state index contributed by atoms with van der Waals surface area (Å²) in [6.07, 6.45) is -0.915. The van der Waals surface area contributed by atoms with Crippen LogP contribution in [-0.4, -0.2) is 116 Å². The summed E-state index contributed by atoms with van der Waals surface area (Å²) in [4.78, 5) is 70.4. The number of aromatic amines is 2. The predicted octanol–water partition coefficient (Wildman–Crippen LogP) is 4.31. The molecule has 5 aromatic rings. The van der Waals surface area contributed by atoms with E-state index in [2.05, 4.69) is 54.3 Å². The van der Waals surface area contributed by atoms with E-state index >= 15 is 0 Å². The van der Waals surface area contributed by atoms with E-state index in [-0.39, 0.29) is 12.1 Å². The van der Waals surface area contributed by atoms with E-state index in [1.807, 2.05) is 36.4 Å². The normalized spacial score (nSPS) is 19.1. The zero-order valence-electron chi connectivity index (χ0n) is 31.6. The third-order valence-corrected chi connectivity index (χ3v) is 10.7. The molecule has 0 radical (unpaired) electrons. The number of likely N-dealkylation sites (tertiary alicyclic amines) is 2. The van der Waals surface area contributed by atoms with Gasteiger partial charge >= 0.3 is 12.2 Å². The number of hydrogen-bond acceptors (Lipinski definition) is 10. The molecule has 3 aromatic carbocycles. The van der Waals surface area contributed by atoms with Gasteiger partial charge in [-0.25, -0.2) is 19.6 Å². The van der Waals surface area contributed by atoms with E-state index in [1.54, 1.807) is 9.80 Å². The van der Waals surface area contributed by atoms with Crippen molar-refractivity contribution < 1.29 is 38.9 Å². The van der Waals surface area contributed by atoms with E-state index in [0.29, 0.717) is 37.6 Å². The zero-order chi connectivity index (χ0) is 39.7. The molecule has 294 valence electrons. The second-order valence-corrected chi connectivity index (χ2v) is 14.4. The molecule has 16 nitrogen and oxygen atoms in total. The van der Waals surface area contributed by atoms with Crippen LogP contribution in [-0.2, 0) is 19.1 Å². The summed E-state index contributed by atoms with van der Waals surface area (Å²) >= 11 is 0. The molecule has 0 aliphatic carbocycles. The number of ether oxygens (including phenoxy) is 2. The van der Waals surface area contributed by atoms with Crippen LogP contribution >= 0.6 is 0 Å². The Morgan fingerprint density at radius 3 is 1.39 bits per heavy atom. The smallest absolute Gasteiger partial charge is 0.407 e. The minimum Gasteiger partial charge on any atom is -0.453 e. The second-order valence-electron chi connectivity index (χ2n) is 14.4. The van der Waals surface area contributed by atoms with Gasteiger partial charge in [0.1, 0.15) is 23.7 Å². The second kappa shape index (κ2) is 16.0. The molecule has 16 heteroatoms. The highest BCUT2D eigenvalue weighted by atomic mass is 16.5. The average molecular weight is 767 g/mol. The van der Waals surface area contributed by atoms with E-state index < -0.39 is 48.3 Å². The number of aromatic nitrogens is 4. The third kappa shape index (κ3) is 7.62. The lowest BCUT2D eigenvalue weighted by Crippen LogP contribution is -2.53. The number of alkyl carbamates (subject to hydrolysis) is 2. The fourth-order valence-corrected chi connectivity index (χ4v) is 7.72. The fourth-order valence-electron chi connectivity index (χ4n) is 7.72. The van der Waals surface area contributed by atoms with Crippen LogP contribution < -0.4 is 10.6 Å². The van der Waals surface area contributed by atoms with Crippen molar-refractivity contribution >= 4 is 46.1 Å². The number of carbonyl (C=O) groups is 4. The molecule has 4 heterocycles. The SMILES string of the molecule is COC(=O)N[C@H](C(=O)N1CCC[C@H]1c1nc2ccc(-c3ccc(-c4ccc5nc([C@@H]6CCCN6C(=O)[C@@H](NC(=O)OC)[C@H](C)O)[nH]c5c4)cc3)cc2[nH]1)[C@H](C)O. The summed E-state index contributed by atoms with van der Waals surface area (Å²) in [7, 11) is 2.41. The van der Waals surface area contributed by atoms with Crippen molar-refractivity contribution in [2.24, 2.45) is 0 Å². The number of aliphatic hydroxyl groups excluding tert-OH is 2. The van der Waals surface area contributed by atoms with E-state index in [1.165, 1.54) is 28.1 Å². The molecular formula is C40H46N8O8. The maximum absolute atomic E-state index is 13.4. The highest BCUT2D eigenvalue weighted by Gasteiger charge is 2.39. The highest BCUT2D eigenvalue weighted by Crippen LogP contribution is 2.35. The molecular weight excluding hydrogens is 720 g/mol. The zero-order valence-corrected chi connectivity index (χ0v) is 31.6. The number of amides is 4. The Labute approximate surface area is 322 Å². The van der Waals surface area contributed by atoms with Crippen molar-refractivity contribution in [1.29, 1.82) is 0 Å². The Balaban J connectivity index is 1.06. The highest BCUT2D eigenvalue weighted by molar-refractivity contribution is 5.89. The summed E-state index contributed by atoms with van der Waals surface area (Å²) in [5.41, 5.74) is 7.15. The van der Waals surface area contributed by atoms with Crippen molar-refractivity contribution in [2.75, 3.05) is 27.3 Å². The average Bonchev–Trinajstić information content (AvgIpc) is 4.03. The number of nitrogens with zero attached hydrogens (tertiary/aromatic N) is 4. The van der Waals surface area contributed by atoms with Gasteiger partial charge in [0, 0.05) is 13.1 Å². The molecule has 0 saturated carbocycles. The lowest BCUT2D eigenvalue weighted by atomic mass is 10.00. The van der Waals surface area contributed by atoms with Crippen molar-refractivity contribution in [3.8, 4) is 22.3 Å². The predicted molar refractivity (Wildman–Crippen MR) is 206 cm³/mol. The van der Waals surface area contributed by atoms with Crippen molar-refractivity contribution in [3.63, 3.8) is 0 Å². The maximum Gasteiger partial charge on any atom is 0.407 e. The summed E-state index contributed by atoms with van der Waals surface area (Å²) in [6, 6.07) is 17.2. The van der Waals surface area contributed by atoms with E-state index in [0.717, 1.165) is 57.2 Å². The molecule has 0 bridgehead atoms. The first-order valence-electron chi connectivity index (χ1n) is 18.7. The largest absolute Gasteiger partial charge is 0.453 e. The Hall–Kier alpha value is -6.00. The van der Waals surface area contributed by atoms with Gasteiger partial charge in [0.2, 0.25) is 11.8 Å². The number of carbonyl (C=O) groups excluding carboxylic acids is 4. The standard InChI is InChI=1S/C40H46N8O8/c1-21(49)33(45-39(53)55-3)37(51)47-17-5-7-31(47)35-41-27-15-13-25(19-29(27)43-35)23-9-11-24(12-10-23)26-14-16-28-30(20-26)44-36(42-28)32-8-6-18-48(32)38(52)34(22(2)50)46-40(54)56-4/h9-16,19-22,31-34,49-50H,5-8,17-18H2,1-4H3,(H,41,43)(H,42,44)(H,45,53)(H,46,54)/t21-,22-,31-,32-,33-,34-/m0/s1. The van der Waals surface area contributed by atoms with Gasteiger partial charge in [-0.3, -0.25) is 9.59 Å². The number of rotatable bonds is 10. The summed E-state index contributed by atoms with van der Waals surface area (Å²) in [5, 5.41) is 25.4. The number of fused-ring (bicyclic) bond motifs is 2. The van der Waals surface area contributed by atoms with E-state index in [4.69, 9.17) is 9.97 Å². The van der Waals surface area contributed by atoms with Crippen LogP contribution in [0.4, 0.5) is 9.59 Å². The topological polar surface area (TPSA) is 215 Å². The minimum absolute atomic E-state index is 0.334. The summed E-state index contributed by atoms with van der Waals surface area (Å²) in [6.45, 7) is 3.85. The Morgan fingerprint density at radius 2 is 1.04 bits per heavy atom. The lowest BCUT2D eigenvalue weighted by Gasteiger charge is -2.29. The van der Waals surface area contributed by atoms with Crippen LogP contribution in [0.3, 0.4) is 0 Å². The monoisotopic (exact) mass is 766 g/mol.